The number of allylic oxidation sites excluding steroid dienone is 18. The molecule has 5 atom stereocenters. The molecule has 2 unspecified atom stereocenters. The summed E-state index contributed by atoms with van der Waals surface area (Å²) in [4.78, 5) is 72.9. The summed E-state index contributed by atoms with van der Waals surface area (Å²) >= 11 is 0. The predicted octanol–water partition coefficient (Wildman–Crippen LogP) is 22.6. The van der Waals surface area contributed by atoms with Gasteiger partial charge < -0.3 is 33.8 Å². The lowest BCUT2D eigenvalue weighted by Crippen LogP contribution is -2.30. The van der Waals surface area contributed by atoms with Gasteiger partial charge in [-0.25, -0.2) is 9.13 Å². The first-order valence-corrected chi connectivity index (χ1v) is 42.1. The van der Waals surface area contributed by atoms with Crippen molar-refractivity contribution >= 4 is 39.5 Å². The molecule has 3 N–H and O–H groups in total. The van der Waals surface area contributed by atoms with Gasteiger partial charge >= 0.3 is 39.5 Å². The van der Waals surface area contributed by atoms with Crippen LogP contribution in [-0.2, 0) is 65.4 Å². The van der Waals surface area contributed by atoms with E-state index in [1.165, 1.54) is 70.6 Å². The van der Waals surface area contributed by atoms with E-state index in [1.807, 2.05) is 0 Å². The van der Waals surface area contributed by atoms with Crippen molar-refractivity contribution in [2.45, 2.75) is 341 Å². The van der Waals surface area contributed by atoms with Gasteiger partial charge in [-0.05, 0) is 154 Å². The van der Waals surface area contributed by atoms with Gasteiger partial charge in [-0.3, -0.25) is 37.3 Å². The van der Waals surface area contributed by atoms with Crippen molar-refractivity contribution in [2.75, 3.05) is 39.6 Å². The van der Waals surface area contributed by atoms with Crippen LogP contribution in [0.2, 0.25) is 0 Å². The van der Waals surface area contributed by atoms with Crippen LogP contribution in [0.5, 0.6) is 0 Å². The van der Waals surface area contributed by atoms with E-state index in [0.29, 0.717) is 25.7 Å². The van der Waals surface area contributed by atoms with Crippen molar-refractivity contribution in [1.82, 2.24) is 0 Å². The fourth-order valence-electron chi connectivity index (χ4n) is 10.2. The SMILES string of the molecule is CC/C=C\C/C=C\C/C=C\C/C=C\C/C=C\CCCCCC(=O)OC[C@H](COP(=O)(O)OC[C@@H](O)COP(=O)(O)OC[C@@H](COC(=O)CCCCCCC/C=C\CCCCCC)OC(=O)CCCCCCC/C=C\CCCCCC)OC(=O)CCCCCCC/C=C\C/C=C\CCCCC. The molecular formula is C81H140O17P2. The Labute approximate surface area is 607 Å². The van der Waals surface area contributed by atoms with Crippen molar-refractivity contribution in [2.24, 2.45) is 0 Å². The third kappa shape index (κ3) is 72.1. The molecule has 0 amide bonds. The average molecular weight is 1450 g/mol. The first-order valence-electron chi connectivity index (χ1n) is 39.1. The van der Waals surface area contributed by atoms with Gasteiger partial charge in [-0.1, -0.05) is 253 Å². The minimum absolute atomic E-state index is 0.0698. The molecule has 0 heterocycles. The van der Waals surface area contributed by atoms with Crippen LogP contribution >= 0.6 is 15.6 Å². The van der Waals surface area contributed by atoms with E-state index in [4.69, 9.17) is 37.0 Å². The first kappa shape index (κ1) is 95.7. The molecule has 100 heavy (non-hydrogen) atoms. The summed E-state index contributed by atoms with van der Waals surface area (Å²) in [5, 5.41) is 10.6. The van der Waals surface area contributed by atoms with E-state index < -0.39 is 97.5 Å². The molecule has 0 aromatic rings. The lowest BCUT2D eigenvalue weighted by Gasteiger charge is -2.21. The maximum Gasteiger partial charge on any atom is 0.472 e. The minimum Gasteiger partial charge on any atom is -0.462 e. The molecule has 0 saturated carbocycles. The Morgan fingerprint density at radius 3 is 0.840 bits per heavy atom. The smallest absolute Gasteiger partial charge is 0.462 e. The molecule has 19 heteroatoms. The summed E-state index contributed by atoms with van der Waals surface area (Å²) in [6.45, 7) is 4.65. The molecule has 0 spiro atoms. The number of aliphatic hydroxyl groups excluding tert-OH is 1. The number of carbonyl (C=O) groups excluding carboxylic acids is 4. The molecule has 0 aromatic heterocycles. The molecule has 0 aliphatic carbocycles. The summed E-state index contributed by atoms with van der Waals surface area (Å²) in [5.74, 6) is -2.24. The minimum atomic E-state index is -4.99. The van der Waals surface area contributed by atoms with Gasteiger partial charge in [0.15, 0.2) is 12.2 Å². The maximum absolute atomic E-state index is 13.1. The first-order chi connectivity index (χ1) is 48.7. The monoisotopic (exact) mass is 1450 g/mol. The number of carbonyl (C=O) groups is 4. The van der Waals surface area contributed by atoms with Crippen LogP contribution in [-0.4, -0.2) is 96.7 Å². The highest BCUT2D eigenvalue weighted by atomic mass is 31.2. The zero-order valence-electron chi connectivity index (χ0n) is 62.8. The van der Waals surface area contributed by atoms with Crippen LogP contribution in [0.15, 0.2) is 109 Å². The van der Waals surface area contributed by atoms with Gasteiger partial charge in [0.05, 0.1) is 26.4 Å². The van der Waals surface area contributed by atoms with Crippen molar-refractivity contribution < 1.29 is 80.2 Å². The van der Waals surface area contributed by atoms with Gasteiger partial charge in [0.25, 0.3) is 0 Å². The number of phosphoric acid groups is 2. The Kier molecular flexibility index (Phi) is 69.9. The number of hydrogen-bond donors (Lipinski definition) is 3. The lowest BCUT2D eigenvalue weighted by atomic mass is 10.1. The Bertz CT molecular complexity index is 2320. The summed E-state index contributed by atoms with van der Waals surface area (Å²) in [7, 11) is -9.97. The summed E-state index contributed by atoms with van der Waals surface area (Å²) in [6.07, 6.45) is 77.8. The Morgan fingerprint density at radius 2 is 0.520 bits per heavy atom. The van der Waals surface area contributed by atoms with E-state index in [1.54, 1.807) is 0 Å². The molecule has 576 valence electrons. The highest BCUT2D eigenvalue weighted by Crippen LogP contribution is 2.45. The average Bonchev–Trinajstić information content (AvgIpc) is 0.946. The van der Waals surface area contributed by atoms with Crippen molar-refractivity contribution in [3.8, 4) is 0 Å². The third-order valence-corrected chi connectivity index (χ3v) is 18.1. The molecule has 0 bridgehead atoms. The van der Waals surface area contributed by atoms with Crippen LogP contribution in [0.4, 0.5) is 0 Å². The van der Waals surface area contributed by atoms with Crippen LogP contribution in [0.1, 0.15) is 323 Å². The molecule has 17 nitrogen and oxygen atoms in total. The standard InChI is InChI=1S/C81H140O17P2/c1-5-9-13-17-21-25-29-33-35-36-37-38-40-43-46-50-54-58-62-66-79(84)92-72-77(98-81(86)68-64-60-56-52-48-44-39-34-30-26-22-18-14-10-6-2)74-96-100(89,90)94-70-75(82)69-93-99(87,88)95-73-76(97-80(85)67-63-59-55-51-47-42-32-28-24-20-16-12-8-4)71-91-78(83)65-61-57-53-49-45-41-31-27-23-19-15-11-7-3/h9,13,21-22,25-28,31-35,37-39,43,46,75-77,82H,5-8,10-12,14-20,23-24,29-30,36,40-42,44-45,47-74H2,1-4H3,(H,87,88)(H,89,90)/b13-9-,25-21-,26-22-,31-27-,32-28-,35-33-,38-37-,39-34-,46-43-/t75-,76+,77+/m0/s1. The van der Waals surface area contributed by atoms with E-state index in [-0.39, 0.29) is 25.7 Å². The molecule has 0 aromatic carbocycles. The number of ether oxygens (including phenoxy) is 4. The number of hydrogen-bond acceptors (Lipinski definition) is 15. The topological polar surface area (TPSA) is 237 Å². The van der Waals surface area contributed by atoms with Crippen LogP contribution < -0.4 is 0 Å². The van der Waals surface area contributed by atoms with Crippen molar-refractivity contribution in [1.29, 1.82) is 0 Å². The number of unbranched alkanes of at least 4 members (excludes halogenated alkanes) is 29. The number of rotatable bonds is 73. The number of aliphatic hydroxyl groups is 1. The quantitative estimate of drug-likeness (QED) is 0.0169. The Morgan fingerprint density at radius 1 is 0.290 bits per heavy atom. The summed E-state index contributed by atoms with van der Waals surface area (Å²) in [5.41, 5.74) is 0. The van der Waals surface area contributed by atoms with Crippen LogP contribution in [0.3, 0.4) is 0 Å². The van der Waals surface area contributed by atoms with Gasteiger partial charge in [-0.2, -0.15) is 0 Å². The normalized spacial score (nSPS) is 14.5. The van der Waals surface area contributed by atoms with Crippen molar-refractivity contribution in [3.05, 3.63) is 109 Å². The predicted molar refractivity (Wildman–Crippen MR) is 408 cm³/mol. The molecule has 0 aliphatic rings. The lowest BCUT2D eigenvalue weighted by molar-refractivity contribution is -0.161. The summed E-state index contributed by atoms with van der Waals surface area (Å²) in [6, 6.07) is 0. The number of esters is 4. The van der Waals surface area contributed by atoms with E-state index in [0.717, 1.165) is 173 Å². The van der Waals surface area contributed by atoms with Crippen LogP contribution in [0.25, 0.3) is 0 Å². The fourth-order valence-corrected chi connectivity index (χ4v) is 11.8. The number of phosphoric ester groups is 2. The zero-order chi connectivity index (χ0) is 73.2. The van der Waals surface area contributed by atoms with E-state index in [9.17, 15) is 43.2 Å². The second-order valence-corrected chi connectivity index (χ2v) is 28.8. The van der Waals surface area contributed by atoms with Gasteiger partial charge in [-0.15, -0.1) is 0 Å². The van der Waals surface area contributed by atoms with Gasteiger partial charge in [0.1, 0.15) is 19.3 Å². The van der Waals surface area contributed by atoms with Crippen LogP contribution in [0, 0.1) is 0 Å². The van der Waals surface area contributed by atoms with Gasteiger partial charge in [0, 0.05) is 25.7 Å². The molecule has 0 fully saturated rings. The molecule has 0 radical (unpaired) electrons. The molecule has 0 rings (SSSR count). The summed E-state index contributed by atoms with van der Waals surface area (Å²) < 4.78 is 68.5. The molecule has 0 saturated heterocycles. The molecular weight excluding hydrogens is 1310 g/mol. The van der Waals surface area contributed by atoms with Gasteiger partial charge in [0.2, 0.25) is 0 Å². The largest absolute Gasteiger partial charge is 0.472 e. The highest BCUT2D eigenvalue weighted by Gasteiger charge is 2.30. The second kappa shape index (κ2) is 73.0. The molecule has 0 aliphatic heterocycles. The zero-order valence-corrected chi connectivity index (χ0v) is 64.6. The Balaban J connectivity index is 5.39. The third-order valence-electron chi connectivity index (χ3n) is 16.2. The fraction of sp³-hybridized carbons (Fsp3) is 0.728. The Hall–Kier alpha value is -4.28. The maximum atomic E-state index is 13.1. The second-order valence-electron chi connectivity index (χ2n) is 25.9. The van der Waals surface area contributed by atoms with Crippen molar-refractivity contribution in [3.63, 3.8) is 0 Å². The highest BCUT2D eigenvalue weighted by molar-refractivity contribution is 7.47. The van der Waals surface area contributed by atoms with E-state index in [2.05, 4.69) is 137 Å². The van der Waals surface area contributed by atoms with E-state index >= 15 is 0 Å².